The van der Waals surface area contributed by atoms with E-state index >= 15 is 0 Å². The molecule has 5 heterocycles. The van der Waals surface area contributed by atoms with Crippen molar-refractivity contribution in [1.29, 1.82) is 0 Å². The summed E-state index contributed by atoms with van der Waals surface area (Å²) in [5.74, 6) is -3.48. The lowest BCUT2D eigenvalue weighted by atomic mass is 9.83. The summed E-state index contributed by atoms with van der Waals surface area (Å²) in [5, 5.41) is 30.4. The van der Waals surface area contributed by atoms with Gasteiger partial charge in [0.1, 0.15) is 42.4 Å². The maximum Gasteiger partial charge on any atom is 0.490 e. The van der Waals surface area contributed by atoms with Crippen LogP contribution in [0.5, 0.6) is 11.5 Å². The molecule has 0 saturated carbocycles. The molecule has 12 N–H and O–H groups in total. The lowest BCUT2D eigenvalue weighted by Gasteiger charge is -2.41. The average molecular weight is 1460 g/mol. The Bertz CT molecular complexity index is 4580. The zero-order chi connectivity index (χ0) is 71.5. The van der Waals surface area contributed by atoms with E-state index in [0.29, 0.717) is 67.2 Å². The maximum atomic E-state index is 14.0. The molecule has 5 atom stereocenters. The van der Waals surface area contributed by atoms with Gasteiger partial charge in [0.25, 0.3) is 31.7 Å². The largest absolute Gasteiger partial charge is 0.490 e. The van der Waals surface area contributed by atoms with E-state index in [0.717, 1.165) is 10.8 Å². The molecule has 1 saturated heterocycles. The third-order valence-corrected chi connectivity index (χ3v) is 21.6. The van der Waals surface area contributed by atoms with Gasteiger partial charge in [-0.2, -0.15) is 25.5 Å². The lowest BCUT2D eigenvalue weighted by molar-refractivity contribution is -0.122. The van der Waals surface area contributed by atoms with E-state index in [4.69, 9.17) is 19.3 Å². The number of nitrogens with zero attached hydrogens (tertiary/aromatic N) is 3. The number of aromatic amines is 1. The van der Waals surface area contributed by atoms with Gasteiger partial charge in [0.05, 0.1) is 41.0 Å². The van der Waals surface area contributed by atoms with Crippen LogP contribution in [-0.4, -0.2) is 164 Å². The number of hydrogen-bond acceptors (Lipinski definition) is 20. The number of aliphatic hydroxyl groups excluding tert-OH is 1. The minimum atomic E-state index is -5.81. The molecule has 528 valence electrons. The van der Waals surface area contributed by atoms with Gasteiger partial charge >= 0.3 is 35.1 Å². The Kier molecular flexibility index (Phi) is 23.2. The van der Waals surface area contributed by atoms with Crippen LogP contribution in [0, 0.1) is 0 Å². The highest BCUT2D eigenvalue weighted by molar-refractivity contribution is 7.86. The molecule has 97 heavy (non-hydrogen) atoms. The van der Waals surface area contributed by atoms with Crippen molar-refractivity contribution in [1.82, 2.24) is 30.1 Å². The van der Waals surface area contributed by atoms with Crippen LogP contribution in [0.2, 0.25) is 0 Å². The van der Waals surface area contributed by atoms with Gasteiger partial charge in [-0.25, -0.2) is 27.9 Å². The fourth-order valence-corrected chi connectivity index (χ4v) is 15.7. The minimum absolute atomic E-state index is 0.0225. The molecule has 2 unspecified atom stereocenters. The Balaban J connectivity index is 0.824. The Morgan fingerprint density at radius 1 is 0.773 bits per heavy atom. The molecule has 8 rings (SSSR count). The van der Waals surface area contributed by atoms with Gasteiger partial charge in [-0.15, -0.1) is 0 Å². The van der Waals surface area contributed by atoms with Crippen LogP contribution in [0.4, 0.5) is 5.69 Å². The number of benzene rings is 3. The van der Waals surface area contributed by atoms with Crippen molar-refractivity contribution in [3.8, 4) is 11.5 Å². The van der Waals surface area contributed by atoms with Crippen molar-refractivity contribution in [2.24, 2.45) is 0 Å². The molecule has 0 radical (unpaired) electrons. The van der Waals surface area contributed by atoms with E-state index in [1.807, 2.05) is 37.2 Å². The zero-order valence-corrected chi connectivity index (χ0v) is 57.5. The number of aromatic carboxylic acids is 1. The fourth-order valence-electron chi connectivity index (χ4n) is 11.4. The molecule has 0 spiro atoms. The first-order valence-corrected chi connectivity index (χ1v) is 37.8. The van der Waals surface area contributed by atoms with Crippen LogP contribution < -0.4 is 52.0 Å². The van der Waals surface area contributed by atoms with Crippen LogP contribution >= 0.6 is 23.5 Å². The van der Waals surface area contributed by atoms with Crippen LogP contribution in [0.1, 0.15) is 140 Å². The monoisotopic (exact) mass is 1450 g/mol. The Morgan fingerprint density at radius 2 is 1.40 bits per heavy atom. The van der Waals surface area contributed by atoms with Gasteiger partial charge in [0.2, 0.25) is 17.2 Å². The Morgan fingerprint density at radius 3 is 2.03 bits per heavy atom. The van der Waals surface area contributed by atoms with Crippen molar-refractivity contribution >= 4 is 95.9 Å². The zero-order valence-electron chi connectivity index (χ0n) is 53.2. The summed E-state index contributed by atoms with van der Waals surface area (Å²) in [6, 6.07) is 10.7. The standard InChI is InChI=1S/C59H74N7O26P3S2/c1-58(2)28-36(32-96(82,83)84)39-23-42-47(25-44(39)64(58)5)89-48-26-45-40(37(33-97(85,86)87)29-59(3,4)65(45)6)24-43(48)53(42)41-22-34(17-18-38(41)56(72)73)54(70)62-20-12-8-10-15-50(68)60-19-11-7-9-16-51(69)61-21-13-14-35-30-66(57(74)63-55(35)71)52-27-46(67)49(90-52)31-88-94(78,79)92-95(80,81)91-93(75,76)77/h13-14,17-18,22-26,28-30,46,49,52,67H,7-12,15-16,19-21,27,31-33H2,1-6H3,(H10-,60,61,62,63,68,69,70,71,72,73,74,75,76,77,78,79,80,81,82,83,84,85,86,87)/p+1/b14-13+/t46-,49+,52+/m0/s1. The number of unbranched alkanes of at least 4 members (excludes halogenated alkanes) is 4. The van der Waals surface area contributed by atoms with Gasteiger partial charge in [0, 0.05) is 105 Å². The van der Waals surface area contributed by atoms with Crippen LogP contribution in [-0.2, 0) is 61.4 Å². The van der Waals surface area contributed by atoms with Gasteiger partial charge < -0.3 is 60.1 Å². The first-order chi connectivity index (χ1) is 45.0. The van der Waals surface area contributed by atoms with Crippen molar-refractivity contribution in [3.05, 3.63) is 137 Å². The van der Waals surface area contributed by atoms with E-state index in [1.165, 1.54) is 30.4 Å². The van der Waals surface area contributed by atoms with Gasteiger partial charge in [-0.05, 0) is 92.6 Å². The molecule has 4 aliphatic rings. The van der Waals surface area contributed by atoms with Crippen LogP contribution in [0.25, 0.3) is 22.8 Å². The summed E-state index contributed by atoms with van der Waals surface area (Å²) in [6.45, 7) is 6.93. The molecule has 4 aliphatic heterocycles. The highest BCUT2D eigenvalue weighted by Crippen LogP contribution is 2.66. The molecular weight excluding hydrogens is 1380 g/mol. The summed E-state index contributed by atoms with van der Waals surface area (Å²) < 4.78 is 132. The number of likely N-dealkylation sites (N-methyl/N-ethyl adjacent to an activating group) is 2. The smallest absolute Gasteiger partial charge is 0.478 e. The number of aromatic nitrogens is 2. The number of aliphatic hydroxyl groups is 1. The predicted octanol–water partition coefficient (Wildman–Crippen LogP) is 3.06. The van der Waals surface area contributed by atoms with E-state index < -0.39 is 114 Å². The van der Waals surface area contributed by atoms with Crippen molar-refractivity contribution in [2.45, 2.75) is 115 Å². The first kappa shape index (κ1) is 75.6. The molecule has 3 aromatic carbocycles. The summed E-state index contributed by atoms with van der Waals surface area (Å²) in [4.78, 5) is 118. The molecule has 1 aromatic heterocycles. The normalized spacial score (nSPS) is 19.3. The number of carbonyl (C=O) groups is 4. The molecule has 3 amide bonds. The quantitative estimate of drug-likeness (QED) is 0.0136. The van der Waals surface area contributed by atoms with Crippen LogP contribution in [0.15, 0.2) is 76.5 Å². The lowest BCUT2D eigenvalue weighted by Crippen LogP contribution is -2.47. The number of amides is 3. The molecule has 4 aromatic rings. The third kappa shape index (κ3) is 19.6. The number of rotatable bonds is 30. The number of phosphoric acid groups is 3. The average Bonchev–Trinajstić information content (AvgIpc) is 1.04. The highest BCUT2D eigenvalue weighted by Gasteiger charge is 2.44. The molecular formula is C59H75N7O26P3S2+. The van der Waals surface area contributed by atoms with Gasteiger partial charge in [-0.3, -0.25) is 42.4 Å². The number of phosphoric ester groups is 1. The summed E-state index contributed by atoms with van der Waals surface area (Å²) in [5.41, 5.74) is -1.19. The third-order valence-electron chi connectivity index (χ3n) is 16.4. The fraction of sp³-hybridized carbons (Fsp3) is 0.441. The van der Waals surface area contributed by atoms with Crippen molar-refractivity contribution in [2.75, 3.05) is 56.7 Å². The topological polar surface area (TPSA) is 493 Å². The summed E-state index contributed by atoms with van der Waals surface area (Å²) in [6.07, 6.45) is 6.18. The first-order valence-electron chi connectivity index (χ1n) is 30.1. The molecule has 0 bridgehead atoms. The van der Waals surface area contributed by atoms with E-state index in [-0.39, 0.29) is 105 Å². The number of carboxylic acid groups (broad SMARTS) is 1. The maximum absolute atomic E-state index is 14.0. The number of H-pyrrole nitrogens is 1. The summed E-state index contributed by atoms with van der Waals surface area (Å²) >= 11 is 0. The van der Waals surface area contributed by atoms with Crippen molar-refractivity contribution in [3.63, 3.8) is 0 Å². The van der Waals surface area contributed by atoms with Crippen molar-refractivity contribution < 1.29 is 111 Å². The molecule has 38 heteroatoms. The SMILES string of the molecule is CN1c2cc3c(cc2C(CS(=O)(=O)O)=CC1(C)C)C(c1cc(C(=O)NCCCCCC(=O)NCCCCCC(=O)NC/C=C/c2cn([C@H]4C[C@H](O)[C@@H](COP(=O)(O)OP(=O)(O)OP(=O)(O)O)O4)c(=O)[nH]c2=O)ccc1C(=O)O)=c1cc2c(cc1O3)=[N+](C)C(C)(C)C=C2CS(=O)(=O)O. The number of carbonyl (C=O) groups excluding carboxylic acids is 3. The second-order valence-electron chi connectivity index (χ2n) is 24.5. The predicted molar refractivity (Wildman–Crippen MR) is 350 cm³/mol. The second kappa shape index (κ2) is 29.7. The number of carboxylic acids is 1. The summed E-state index contributed by atoms with van der Waals surface area (Å²) in [7, 11) is -22.6. The number of fused-ring (bicyclic) bond motifs is 4. The van der Waals surface area contributed by atoms with E-state index in [2.05, 4.69) is 34.1 Å². The van der Waals surface area contributed by atoms with Gasteiger partial charge in [-0.1, -0.05) is 31.1 Å². The molecule has 33 nitrogen and oxygen atoms in total. The number of hydrogen-bond donors (Lipinski definition) is 12. The number of anilines is 1. The number of ether oxygens (including phenoxy) is 2. The minimum Gasteiger partial charge on any atom is -0.478 e. The second-order valence-corrected chi connectivity index (χ2v) is 31.8. The Hall–Kier alpha value is -7.14. The number of nitrogens with one attached hydrogen (secondary N) is 4. The van der Waals surface area contributed by atoms with Gasteiger partial charge in [0.15, 0.2) is 5.54 Å². The Labute approximate surface area is 555 Å². The van der Waals surface area contributed by atoms with Crippen LogP contribution in [0.3, 0.4) is 0 Å². The highest BCUT2D eigenvalue weighted by atomic mass is 32.2. The van der Waals surface area contributed by atoms with E-state index in [1.54, 1.807) is 50.5 Å². The van der Waals surface area contributed by atoms with E-state index in [9.17, 15) is 88.4 Å². The molecule has 0 aliphatic carbocycles. The molecule has 1 fully saturated rings.